The predicted molar refractivity (Wildman–Crippen MR) is 149 cm³/mol. The first-order valence-electron chi connectivity index (χ1n) is 12.9. The summed E-state index contributed by atoms with van der Waals surface area (Å²) >= 11 is 1.55. The number of nitrogens with one attached hydrogen (secondary N) is 1. The van der Waals surface area contributed by atoms with Crippen LogP contribution in [-0.4, -0.2) is 51.7 Å². The number of hydrogen-bond acceptors (Lipinski definition) is 6. The molecule has 1 N–H and O–H groups in total. The maximum Gasteiger partial charge on any atom is 0.257 e. The fraction of sp³-hybridized carbons (Fsp3) is 0.267. The maximum absolute atomic E-state index is 13.6. The van der Waals surface area contributed by atoms with Crippen LogP contribution in [0.1, 0.15) is 55.7 Å². The van der Waals surface area contributed by atoms with Gasteiger partial charge in [-0.15, -0.1) is 11.3 Å². The number of likely N-dealkylation sites (N-methyl/N-ethyl adjacent to an activating group) is 1. The van der Waals surface area contributed by atoms with E-state index in [4.69, 9.17) is 0 Å². The van der Waals surface area contributed by atoms with Gasteiger partial charge in [0.25, 0.3) is 11.8 Å². The number of thiazole rings is 1. The Kier molecular flexibility index (Phi) is 6.74. The number of fused-ring (bicyclic) bond motifs is 1. The number of carbonyl (C=O) groups is 2. The molecule has 6 rings (SSSR count). The predicted octanol–water partition coefficient (Wildman–Crippen LogP) is 5.42. The number of rotatable bonds is 5. The van der Waals surface area contributed by atoms with Crippen LogP contribution in [0.2, 0.25) is 0 Å². The molecule has 2 aliphatic heterocycles. The molecule has 1 unspecified atom stereocenters. The summed E-state index contributed by atoms with van der Waals surface area (Å²) in [5.74, 6) is -0.163. The van der Waals surface area contributed by atoms with Gasteiger partial charge in [0.2, 0.25) is 0 Å². The molecule has 2 aliphatic rings. The van der Waals surface area contributed by atoms with Gasteiger partial charge in [0.1, 0.15) is 0 Å². The third-order valence-electron chi connectivity index (χ3n) is 7.31. The highest BCUT2D eigenvalue weighted by Gasteiger charge is 2.31. The van der Waals surface area contributed by atoms with E-state index < -0.39 is 0 Å². The Bertz CT molecular complexity index is 1490. The van der Waals surface area contributed by atoms with Gasteiger partial charge in [-0.1, -0.05) is 24.3 Å². The van der Waals surface area contributed by atoms with Crippen molar-refractivity contribution in [2.24, 2.45) is 0 Å². The lowest BCUT2D eigenvalue weighted by molar-refractivity contribution is 0.0735. The second kappa shape index (κ2) is 10.5. The van der Waals surface area contributed by atoms with Crippen molar-refractivity contribution in [2.45, 2.75) is 31.8 Å². The first-order valence-corrected chi connectivity index (χ1v) is 13.8. The third kappa shape index (κ3) is 4.97. The molecule has 2 amide bonds. The van der Waals surface area contributed by atoms with Crippen molar-refractivity contribution in [2.75, 3.05) is 25.5 Å². The number of pyridine rings is 1. The van der Waals surface area contributed by atoms with Crippen LogP contribution in [0.15, 0.2) is 73.1 Å². The molecular weight excluding hydrogens is 494 g/mol. The second-order valence-corrected chi connectivity index (χ2v) is 11.0. The topological polar surface area (TPSA) is 78.4 Å². The summed E-state index contributed by atoms with van der Waals surface area (Å²) in [6.07, 6.45) is 6.21. The Morgan fingerprint density at radius 3 is 2.66 bits per heavy atom. The maximum atomic E-state index is 13.6. The summed E-state index contributed by atoms with van der Waals surface area (Å²) in [7, 11) is 2.10. The van der Waals surface area contributed by atoms with Gasteiger partial charge in [0, 0.05) is 54.5 Å². The van der Waals surface area contributed by atoms with Crippen LogP contribution in [-0.2, 0) is 13.0 Å². The molecule has 38 heavy (non-hydrogen) atoms. The summed E-state index contributed by atoms with van der Waals surface area (Å²) in [5, 5.41) is 3.64. The summed E-state index contributed by atoms with van der Waals surface area (Å²) in [6, 6.07) is 19.2. The van der Waals surface area contributed by atoms with E-state index in [0.29, 0.717) is 22.8 Å². The summed E-state index contributed by atoms with van der Waals surface area (Å²) in [5.41, 5.74) is 5.33. The molecule has 2 aromatic carbocycles. The van der Waals surface area contributed by atoms with E-state index in [0.717, 1.165) is 54.7 Å². The lowest BCUT2D eigenvalue weighted by atomic mass is 10.00. The van der Waals surface area contributed by atoms with Crippen LogP contribution < -0.4 is 5.32 Å². The van der Waals surface area contributed by atoms with E-state index in [1.807, 2.05) is 65.6 Å². The molecule has 4 aromatic rings. The van der Waals surface area contributed by atoms with Crippen molar-refractivity contribution in [1.82, 2.24) is 19.8 Å². The minimum Gasteiger partial charge on any atom is -0.332 e. The SMILES string of the molecule is CN1CCc2nc(NC(=O)c3cccc(C4CCCN4C(=O)c4cccc(-c5ccncc5)c4)c3)sc2C1. The first-order chi connectivity index (χ1) is 18.5. The van der Waals surface area contributed by atoms with Crippen LogP contribution in [0.4, 0.5) is 5.13 Å². The van der Waals surface area contributed by atoms with E-state index in [-0.39, 0.29) is 17.9 Å². The molecule has 0 saturated carbocycles. The zero-order valence-corrected chi connectivity index (χ0v) is 22.1. The zero-order valence-electron chi connectivity index (χ0n) is 21.3. The van der Waals surface area contributed by atoms with Gasteiger partial charge in [0.15, 0.2) is 5.13 Å². The molecule has 192 valence electrons. The average Bonchev–Trinajstić information content (AvgIpc) is 3.60. The molecule has 1 atom stereocenters. The molecule has 0 radical (unpaired) electrons. The Morgan fingerprint density at radius 2 is 1.79 bits per heavy atom. The van der Waals surface area contributed by atoms with Gasteiger partial charge in [-0.25, -0.2) is 4.98 Å². The van der Waals surface area contributed by atoms with Gasteiger partial charge in [-0.05, 0) is 73.0 Å². The molecule has 1 saturated heterocycles. The number of likely N-dealkylation sites (tertiary alicyclic amines) is 1. The van der Waals surface area contributed by atoms with Gasteiger partial charge in [-0.3, -0.25) is 19.9 Å². The number of aromatic nitrogens is 2. The zero-order chi connectivity index (χ0) is 26.1. The van der Waals surface area contributed by atoms with Gasteiger partial charge in [0.05, 0.1) is 11.7 Å². The standard InChI is InChI=1S/C30H29N5O2S/c1-34-16-12-25-27(19-34)38-30(32-25)33-28(36)23-7-3-6-22(18-23)26-9-4-15-35(26)29(37)24-8-2-5-21(17-24)20-10-13-31-14-11-20/h2-3,5-8,10-11,13-14,17-18,26H,4,9,12,15-16,19H2,1H3,(H,32,33,36). The molecule has 4 heterocycles. The Hall–Kier alpha value is -3.88. The summed E-state index contributed by atoms with van der Waals surface area (Å²) in [6.45, 7) is 2.55. The molecule has 1 fully saturated rings. The first kappa shape index (κ1) is 24.5. The van der Waals surface area contributed by atoms with Crippen molar-refractivity contribution in [3.8, 4) is 11.1 Å². The number of carbonyl (C=O) groups excluding carboxylic acids is 2. The highest BCUT2D eigenvalue weighted by atomic mass is 32.1. The Labute approximate surface area is 226 Å². The fourth-order valence-electron chi connectivity index (χ4n) is 5.33. The summed E-state index contributed by atoms with van der Waals surface area (Å²) in [4.78, 5) is 40.9. The van der Waals surface area contributed by atoms with Crippen molar-refractivity contribution >= 4 is 28.3 Å². The third-order valence-corrected chi connectivity index (χ3v) is 8.31. The molecule has 2 aromatic heterocycles. The molecule has 0 bridgehead atoms. The van der Waals surface area contributed by atoms with Crippen LogP contribution in [0, 0.1) is 0 Å². The van der Waals surface area contributed by atoms with Gasteiger partial charge in [-0.2, -0.15) is 0 Å². The minimum absolute atomic E-state index is 0.0107. The van der Waals surface area contributed by atoms with Gasteiger partial charge < -0.3 is 9.80 Å². The normalized spacial score (nSPS) is 17.3. The summed E-state index contributed by atoms with van der Waals surface area (Å²) < 4.78 is 0. The lowest BCUT2D eigenvalue weighted by Gasteiger charge is -2.26. The van der Waals surface area contributed by atoms with Gasteiger partial charge >= 0.3 is 0 Å². The highest BCUT2D eigenvalue weighted by Crippen LogP contribution is 2.34. The van der Waals surface area contributed by atoms with E-state index in [1.165, 1.54) is 4.88 Å². The molecular formula is C30H29N5O2S. The quantitative estimate of drug-likeness (QED) is 0.378. The highest BCUT2D eigenvalue weighted by molar-refractivity contribution is 7.15. The fourth-order valence-corrected chi connectivity index (χ4v) is 6.41. The number of nitrogens with zero attached hydrogens (tertiary/aromatic N) is 4. The molecule has 8 heteroatoms. The van der Waals surface area contributed by atoms with Crippen LogP contribution in [0.3, 0.4) is 0 Å². The van der Waals surface area contributed by atoms with Crippen LogP contribution >= 0.6 is 11.3 Å². The number of benzene rings is 2. The van der Waals surface area contributed by atoms with E-state index in [2.05, 4.69) is 27.2 Å². The van der Waals surface area contributed by atoms with E-state index in [1.54, 1.807) is 23.7 Å². The number of amides is 2. The monoisotopic (exact) mass is 523 g/mol. The van der Waals surface area contributed by atoms with Crippen molar-refractivity contribution < 1.29 is 9.59 Å². The van der Waals surface area contributed by atoms with Crippen molar-refractivity contribution in [3.63, 3.8) is 0 Å². The largest absolute Gasteiger partial charge is 0.332 e. The van der Waals surface area contributed by atoms with Crippen molar-refractivity contribution in [1.29, 1.82) is 0 Å². The van der Waals surface area contributed by atoms with E-state index in [9.17, 15) is 9.59 Å². The second-order valence-electron chi connectivity index (χ2n) is 9.93. The lowest BCUT2D eigenvalue weighted by Crippen LogP contribution is -2.30. The minimum atomic E-state index is -0.174. The van der Waals surface area contributed by atoms with Crippen LogP contribution in [0.5, 0.6) is 0 Å². The molecule has 7 nitrogen and oxygen atoms in total. The Morgan fingerprint density at radius 1 is 0.974 bits per heavy atom. The smallest absolute Gasteiger partial charge is 0.257 e. The van der Waals surface area contributed by atoms with Crippen molar-refractivity contribution in [3.05, 3.63) is 100 Å². The Balaban J connectivity index is 1.19. The number of anilines is 1. The molecule has 0 spiro atoms. The van der Waals surface area contributed by atoms with Crippen LogP contribution in [0.25, 0.3) is 11.1 Å². The number of hydrogen-bond donors (Lipinski definition) is 1. The molecule has 0 aliphatic carbocycles. The van der Waals surface area contributed by atoms with E-state index >= 15 is 0 Å². The average molecular weight is 524 g/mol.